The first-order chi connectivity index (χ1) is 0. The molecule has 0 fully saturated rings. The minimum atomic E-state index is 0. The van der Waals surface area contributed by atoms with Crippen LogP contribution < -0.4 is 49.6 Å². The predicted molar refractivity (Wildman–Crippen MR) is 5.75 cm³/mol. The van der Waals surface area contributed by atoms with Crippen LogP contribution in [0.5, 0.6) is 0 Å². The molecule has 0 bridgehead atoms. The number of halogens is 4. The molecule has 0 aromatic heterocycles. The molecule has 0 aliphatic carbocycles. The van der Waals surface area contributed by atoms with Gasteiger partial charge in [0, 0.05) is 17.6 Å². The Morgan fingerprint density at radius 1 is 0.400 bits per heavy atom. The molecule has 0 saturated heterocycles. The summed E-state index contributed by atoms with van der Waals surface area (Å²) in [6, 6.07) is 0. The van der Waals surface area contributed by atoms with Crippen LogP contribution in [0.3, 0.4) is 0 Å². The smallest absolute Gasteiger partial charge is 0 e. The van der Waals surface area contributed by atoms with Crippen molar-refractivity contribution >= 4 is 17.6 Å². The summed E-state index contributed by atoms with van der Waals surface area (Å²) >= 11 is 0. The van der Waals surface area contributed by atoms with Crippen molar-refractivity contribution in [1.82, 2.24) is 0 Å². The van der Waals surface area contributed by atoms with Gasteiger partial charge < -0.3 is 49.6 Å². The molecule has 0 saturated carbocycles. The van der Waals surface area contributed by atoms with Gasteiger partial charge in [0.25, 0.3) is 0 Å². The van der Waals surface area contributed by atoms with Gasteiger partial charge >= 0.3 is 0 Å². The Balaban J connectivity index is 0. The van der Waals surface area contributed by atoms with Crippen LogP contribution in [0.15, 0.2) is 0 Å². The van der Waals surface area contributed by atoms with Gasteiger partial charge in [0.2, 0.25) is 0 Å². The summed E-state index contributed by atoms with van der Waals surface area (Å²) in [7, 11) is 0. The molecule has 0 aliphatic heterocycles. The maximum absolute atomic E-state index is 0. The maximum Gasteiger partial charge on any atom is 0 e. The molecule has 36 valence electrons. The molecule has 0 amide bonds. The summed E-state index contributed by atoms with van der Waals surface area (Å²) < 4.78 is 0. The van der Waals surface area contributed by atoms with Crippen molar-refractivity contribution in [3.8, 4) is 0 Å². The minimum Gasteiger partial charge on any atom is -1.00 e. The molecule has 0 unspecified atom stereocenters. The van der Waals surface area contributed by atoms with Crippen LogP contribution in [0, 0.1) is 0 Å². The van der Waals surface area contributed by atoms with E-state index in [1.54, 1.807) is 0 Å². The van der Waals surface area contributed by atoms with Crippen LogP contribution in [0.2, 0.25) is 0 Å². The van der Waals surface area contributed by atoms with E-state index >= 15 is 0 Å². The normalized spacial score (nSPS) is 0. The largest absolute Gasteiger partial charge is 1.00 e. The van der Waals surface area contributed by atoms with Gasteiger partial charge in [-0.3, -0.25) is 0 Å². The Hall–Kier alpha value is 1.70. The first kappa shape index (κ1) is 75.2. The zero-order chi connectivity index (χ0) is 0. The van der Waals surface area contributed by atoms with Crippen molar-refractivity contribution in [2.75, 3.05) is 0 Å². The second-order valence-corrected chi connectivity index (χ2v) is 0. The summed E-state index contributed by atoms with van der Waals surface area (Å²) in [5, 5.41) is 0. The second-order valence-electron chi connectivity index (χ2n) is 0. The van der Waals surface area contributed by atoms with Crippen molar-refractivity contribution < 1.29 is 49.6 Å². The fraction of sp³-hybridized carbons (Fsp3) is 0. The summed E-state index contributed by atoms with van der Waals surface area (Å²) in [4.78, 5) is 0. The quantitative estimate of drug-likeness (QED) is 0.351. The molecular formula is Cl4Ge-4. The summed E-state index contributed by atoms with van der Waals surface area (Å²) in [6.45, 7) is 0. The summed E-state index contributed by atoms with van der Waals surface area (Å²) in [5.41, 5.74) is 0. The van der Waals surface area contributed by atoms with Crippen LogP contribution in [-0.4, -0.2) is 17.6 Å². The van der Waals surface area contributed by atoms with Gasteiger partial charge in [0.15, 0.2) is 0 Å². The van der Waals surface area contributed by atoms with Gasteiger partial charge in [-0.1, -0.05) is 0 Å². The standard InChI is InChI=1S/4ClH.Ge/h4*1H;/p-4. The van der Waals surface area contributed by atoms with Crippen molar-refractivity contribution in [2.24, 2.45) is 0 Å². The van der Waals surface area contributed by atoms with Crippen molar-refractivity contribution in [2.45, 2.75) is 0 Å². The Morgan fingerprint density at radius 2 is 0.400 bits per heavy atom. The van der Waals surface area contributed by atoms with E-state index in [-0.39, 0.29) is 67.2 Å². The van der Waals surface area contributed by atoms with Crippen molar-refractivity contribution in [3.05, 3.63) is 0 Å². The molecule has 0 heterocycles. The monoisotopic (exact) mass is 214 g/mol. The van der Waals surface area contributed by atoms with E-state index in [0.29, 0.717) is 0 Å². The molecule has 0 spiro atoms. The predicted octanol–water partition coefficient (Wildman–Crippen LogP) is -12.4. The molecule has 0 aliphatic rings. The third kappa shape index (κ3) is 27.0. The number of hydrogen-bond donors (Lipinski definition) is 0. The average Bonchev–Trinajstić information content (AvgIpc) is 0. The molecule has 0 atom stereocenters. The number of hydrogen-bond acceptors (Lipinski definition) is 0. The second kappa shape index (κ2) is 43.5. The SMILES string of the molecule is [Cl-].[Cl-].[Cl-].[Cl-].[Ge]. The molecule has 0 N–H and O–H groups in total. The van der Waals surface area contributed by atoms with Gasteiger partial charge in [0.1, 0.15) is 0 Å². The third-order valence-corrected chi connectivity index (χ3v) is 0. The first-order valence-electron chi connectivity index (χ1n) is 0. The Kier molecular flexibility index (Phi) is 654. The van der Waals surface area contributed by atoms with Crippen LogP contribution >= 0.6 is 0 Å². The zero-order valence-corrected chi connectivity index (χ0v) is 7.13. The Morgan fingerprint density at radius 3 is 0.400 bits per heavy atom. The van der Waals surface area contributed by atoms with Crippen LogP contribution in [0.1, 0.15) is 0 Å². The topological polar surface area (TPSA) is 0 Å². The molecule has 0 aromatic rings. The van der Waals surface area contributed by atoms with E-state index in [1.807, 2.05) is 0 Å². The molecular weight excluding hydrogens is 214 g/mol. The van der Waals surface area contributed by atoms with Crippen LogP contribution in [-0.2, 0) is 0 Å². The number of rotatable bonds is 0. The van der Waals surface area contributed by atoms with Crippen molar-refractivity contribution in [1.29, 1.82) is 0 Å². The van der Waals surface area contributed by atoms with Gasteiger partial charge in [-0.2, -0.15) is 0 Å². The van der Waals surface area contributed by atoms with Crippen molar-refractivity contribution in [3.63, 3.8) is 0 Å². The van der Waals surface area contributed by atoms with Gasteiger partial charge in [-0.15, -0.1) is 0 Å². The van der Waals surface area contributed by atoms with Crippen LogP contribution in [0.25, 0.3) is 0 Å². The molecule has 5 heavy (non-hydrogen) atoms. The van der Waals surface area contributed by atoms with Gasteiger partial charge in [-0.05, 0) is 0 Å². The molecule has 0 nitrogen and oxygen atoms in total. The average molecular weight is 214 g/mol. The fourth-order valence-electron chi connectivity index (χ4n) is 0. The van der Waals surface area contributed by atoms with E-state index in [0.717, 1.165) is 0 Å². The Bertz CT molecular complexity index is 3.61. The molecule has 0 rings (SSSR count). The van der Waals surface area contributed by atoms with Gasteiger partial charge in [-0.25, -0.2) is 0 Å². The van der Waals surface area contributed by atoms with E-state index in [2.05, 4.69) is 0 Å². The molecule has 5 heteroatoms. The summed E-state index contributed by atoms with van der Waals surface area (Å²) in [6.07, 6.45) is 0. The first-order valence-corrected chi connectivity index (χ1v) is 0. The minimum absolute atomic E-state index is 0. The van der Waals surface area contributed by atoms with E-state index < -0.39 is 0 Å². The van der Waals surface area contributed by atoms with E-state index in [1.165, 1.54) is 0 Å². The maximum atomic E-state index is 0. The third-order valence-electron chi connectivity index (χ3n) is 0. The molecule has 4 radical (unpaired) electrons. The molecule has 0 aromatic carbocycles. The zero-order valence-electron chi connectivity index (χ0n) is 2.01. The van der Waals surface area contributed by atoms with Gasteiger partial charge in [0.05, 0.1) is 0 Å². The summed E-state index contributed by atoms with van der Waals surface area (Å²) in [5.74, 6) is 0. The van der Waals surface area contributed by atoms with E-state index in [9.17, 15) is 0 Å². The van der Waals surface area contributed by atoms with Crippen LogP contribution in [0.4, 0.5) is 0 Å². The fourth-order valence-corrected chi connectivity index (χ4v) is 0. The Labute approximate surface area is 67.1 Å². The van der Waals surface area contributed by atoms with E-state index in [4.69, 9.17) is 0 Å².